The quantitative estimate of drug-likeness (QED) is 0.929. The van der Waals surface area contributed by atoms with Gasteiger partial charge < -0.3 is 10.1 Å². The molecule has 0 bridgehead atoms. The lowest BCUT2D eigenvalue weighted by Crippen LogP contribution is -2.37. The number of para-hydroxylation sites is 1. The van der Waals surface area contributed by atoms with E-state index < -0.39 is 0 Å². The van der Waals surface area contributed by atoms with Crippen LogP contribution in [-0.2, 0) is 11.2 Å². The Kier molecular flexibility index (Phi) is 3.84. The first-order valence-electron chi connectivity index (χ1n) is 5.48. The zero-order chi connectivity index (χ0) is 12.3. The number of fused-ring (bicyclic) bond motifs is 1. The topological polar surface area (TPSA) is 38.3 Å². The molecule has 17 heavy (non-hydrogen) atoms. The van der Waals surface area contributed by atoms with Crippen molar-refractivity contribution in [3.63, 3.8) is 0 Å². The summed E-state index contributed by atoms with van der Waals surface area (Å²) >= 11 is 3.21. The van der Waals surface area contributed by atoms with Gasteiger partial charge in [0.1, 0.15) is 12.4 Å². The smallest absolute Gasteiger partial charge is 0.227 e. The van der Waals surface area contributed by atoms with Gasteiger partial charge in [0.05, 0.1) is 5.92 Å². The highest BCUT2D eigenvalue weighted by Gasteiger charge is 2.25. The Balaban J connectivity index is 1.97. The first-order chi connectivity index (χ1) is 8.16. The van der Waals surface area contributed by atoms with E-state index in [9.17, 15) is 4.79 Å². The Morgan fingerprint density at radius 1 is 1.53 bits per heavy atom. The zero-order valence-electron chi connectivity index (χ0n) is 9.41. The average molecular weight is 296 g/mol. The van der Waals surface area contributed by atoms with E-state index in [4.69, 9.17) is 4.74 Å². The molecule has 0 saturated carbocycles. The van der Waals surface area contributed by atoms with Crippen LogP contribution in [0.5, 0.6) is 5.75 Å². The molecular weight excluding hydrogens is 282 g/mol. The number of halogens is 1. The largest absolute Gasteiger partial charge is 0.492 e. The third kappa shape index (κ3) is 3.09. The molecule has 2 rings (SSSR count). The molecule has 1 amide bonds. The van der Waals surface area contributed by atoms with Gasteiger partial charge in [0.25, 0.3) is 0 Å². The van der Waals surface area contributed by atoms with Crippen molar-refractivity contribution in [2.24, 2.45) is 5.92 Å². The van der Waals surface area contributed by atoms with E-state index in [0.29, 0.717) is 13.2 Å². The van der Waals surface area contributed by atoms with Crippen LogP contribution in [-0.4, -0.2) is 19.1 Å². The molecule has 1 unspecified atom stereocenters. The number of rotatable bonds is 3. The predicted octanol–water partition coefficient (Wildman–Crippen LogP) is 2.26. The number of hydrogen-bond donors (Lipinski definition) is 1. The summed E-state index contributed by atoms with van der Waals surface area (Å²) in [4.78, 5) is 11.9. The molecule has 1 aromatic carbocycles. The number of hydrogen-bond acceptors (Lipinski definition) is 2. The third-order valence-electron chi connectivity index (χ3n) is 2.70. The average Bonchev–Trinajstić information content (AvgIpc) is 2.35. The van der Waals surface area contributed by atoms with Gasteiger partial charge >= 0.3 is 0 Å². The lowest BCUT2D eigenvalue weighted by Gasteiger charge is -2.24. The van der Waals surface area contributed by atoms with Gasteiger partial charge in [0, 0.05) is 11.0 Å². The van der Waals surface area contributed by atoms with E-state index in [-0.39, 0.29) is 11.8 Å². The second-order valence-electron chi connectivity index (χ2n) is 4.05. The van der Waals surface area contributed by atoms with Crippen molar-refractivity contribution in [2.45, 2.75) is 6.42 Å². The predicted molar refractivity (Wildman–Crippen MR) is 70.2 cm³/mol. The zero-order valence-corrected chi connectivity index (χ0v) is 11.0. The van der Waals surface area contributed by atoms with Gasteiger partial charge in [-0.2, -0.15) is 0 Å². The van der Waals surface area contributed by atoms with Crippen LogP contribution in [0.15, 0.2) is 35.3 Å². The van der Waals surface area contributed by atoms with Crippen molar-refractivity contribution in [1.82, 2.24) is 5.32 Å². The Bertz CT molecular complexity index is 445. The minimum atomic E-state index is -0.114. The molecule has 1 aliphatic rings. The van der Waals surface area contributed by atoms with Crippen molar-refractivity contribution in [3.05, 3.63) is 40.9 Å². The fourth-order valence-electron chi connectivity index (χ4n) is 1.82. The Labute approximate surface area is 109 Å². The van der Waals surface area contributed by atoms with Gasteiger partial charge in [0.2, 0.25) is 5.91 Å². The molecule has 1 atom stereocenters. The molecular formula is C13H14BrNO2. The van der Waals surface area contributed by atoms with Crippen molar-refractivity contribution in [2.75, 3.05) is 13.2 Å². The molecule has 1 heterocycles. The summed E-state index contributed by atoms with van der Waals surface area (Å²) in [6.07, 6.45) is 0.733. The van der Waals surface area contributed by atoms with Gasteiger partial charge in [-0.15, -0.1) is 0 Å². The van der Waals surface area contributed by atoms with Crippen molar-refractivity contribution < 1.29 is 9.53 Å². The molecule has 90 valence electrons. The molecule has 0 radical (unpaired) electrons. The number of nitrogens with one attached hydrogen (secondary N) is 1. The van der Waals surface area contributed by atoms with E-state index in [1.165, 1.54) is 0 Å². The molecule has 0 aliphatic carbocycles. The van der Waals surface area contributed by atoms with E-state index in [1.54, 1.807) is 0 Å². The standard InChI is InChI=1S/C13H14BrNO2/c1-9(14)7-15-13(16)11-6-10-4-2-3-5-12(10)17-8-11/h2-5,11H,1,6-8H2,(H,15,16). The number of amides is 1. The highest BCUT2D eigenvalue weighted by atomic mass is 79.9. The number of benzene rings is 1. The molecule has 1 aliphatic heterocycles. The van der Waals surface area contributed by atoms with Crippen LogP contribution < -0.4 is 10.1 Å². The molecule has 0 saturated heterocycles. The van der Waals surface area contributed by atoms with Crippen LogP contribution in [0.3, 0.4) is 0 Å². The maximum Gasteiger partial charge on any atom is 0.227 e. The molecule has 3 nitrogen and oxygen atoms in total. The van der Waals surface area contributed by atoms with Crippen LogP contribution in [0.2, 0.25) is 0 Å². The molecule has 0 fully saturated rings. The monoisotopic (exact) mass is 295 g/mol. The van der Waals surface area contributed by atoms with Crippen LogP contribution in [0.4, 0.5) is 0 Å². The van der Waals surface area contributed by atoms with Crippen molar-refractivity contribution in [1.29, 1.82) is 0 Å². The molecule has 0 aromatic heterocycles. The summed E-state index contributed by atoms with van der Waals surface area (Å²) in [6.45, 7) is 4.58. The van der Waals surface area contributed by atoms with Gasteiger partial charge in [-0.25, -0.2) is 0 Å². The summed E-state index contributed by atoms with van der Waals surface area (Å²) in [5, 5.41) is 2.82. The normalized spacial score (nSPS) is 17.8. The second kappa shape index (κ2) is 5.36. The van der Waals surface area contributed by atoms with E-state index in [0.717, 1.165) is 22.2 Å². The summed E-state index contributed by atoms with van der Waals surface area (Å²) < 4.78 is 6.34. The van der Waals surface area contributed by atoms with Crippen LogP contribution in [0.25, 0.3) is 0 Å². The van der Waals surface area contributed by atoms with E-state index in [1.807, 2.05) is 24.3 Å². The first kappa shape index (κ1) is 12.2. The van der Waals surface area contributed by atoms with Gasteiger partial charge in [-0.05, 0) is 18.1 Å². The fraction of sp³-hybridized carbons (Fsp3) is 0.308. The second-order valence-corrected chi connectivity index (χ2v) is 5.18. The van der Waals surface area contributed by atoms with Gasteiger partial charge in [-0.1, -0.05) is 40.7 Å². The lowest BCUT2D eigenvalue weighted by molar-refractivity contribution is -0.126. The number of carbonyl (C=O) groups excluding carboxylic acids is 1. The molecule has 1 N–H and O–H groups in total. The van der Waals surface area contributed by atoms with Gasteiger partial charge in [0.15, 0.2) is 0 Å². The van der Waals surface area contributed by atoms with Crippen molar-refractivity contribution in [3.8, 4) is 5.75 Å². The maximum absolute atomic E-state index is 11.9. The van der Waals surface area contributed by atoms with E-state index >= 15 is 0 Å². The van der Waals surface area contributed by atoms with Crippen molar-refractivity contribution >= 4 is 21.8 Å². The minimum absolute atomic E-state index is 0.0140. The number of carbonyl (C=O) groups is 1. The van der Waals surface area contributed by atoms with Crippen LogP contribution in [0, 0.1) is 5.92 Å². The number of ether oxygens (including phenoxy) is 1. The minimum Gasteiger partial charge on any atom is -0.492 e. The fourth-order valence-corrected chi connectivity index (χ4v) is 1.96. The summed E-state index contributed by atoms with van der Waals surface area (Å²) in [5.41, 5.74) is 1.09. The summed E-state index contributed by atoms with van der Waals surface area (Å²) in [5.74, 6) is 0.790. The highest BCUT2D eigenvalue weighted by molar-refractivity contribution is 9.11. The van der Waals surface area contributed by atoms with E-state index in [2.05, 4.69) is 27.8 Å². The molecule has 1 aromatic rings. The molecule has 4 heteroatoms. The SMILES string of the molecule is C=C(Br)CNC(=O)C1COc2ccccc2C1. The lowest BCUT2D eigenvalue weighted by atomic mass is 9.96. The highest BCUT2D eigenvalue weighted by Crippen LogP contribution is 2.26. The Morgan fingerprint density at radius 3 is 3.06 bits per heavy atom. The summed E-state index contributed by atoms with van der Waals surface area (Å²) in [7, 11) is 0. The Morgan fingerprint density at radius 2 is 2.29 bits per heavy atom. The summed E-state index contributed by atoms with van der Waals surface area (Å²) in [6, 6.07) is 7.83. The Hall–Kier alpha value is -1.29. The maximum atomic E-state index is 11.9. The van der Waals surface area contributed by atoms with Crippen LogP contribution in [0.1, 0.15) is 5.56 Å². The molecule has 0 spiro atoms. The van der Waals surface area contributed by atoms with Gasteiger partial charge in [-0.3, -0.25) is 4.79 Å². The first-order valence-corrected chi connectivity index (χ1v) is 6.28. The third-order valence-corrected chi connectivity index (χ3v) is 2.98. The van der Waals surface area contributed by atoms with Crippen LogP contribution >= 0.6 is 15.9 Å².